The van der Waals surface area contributed by atoms with Gasteiger partial charge in [0.05, 0.1) is 5.56 Å². The third-order valence-electron chi connectivity index (χ3n) is 2.70. The minimum Gasteiger partial charge on any atom is -0.507 e. The van der Waals surface area contributed by atoms with Gasteiger partial charge in [-0.05, 0) is 42.5 Å². The minimum absolute atomic E-state index is 0.0263. The molecular weight excluding hydrogens is 255 g/mol. The summed E-state index contributed by atoms with van der Waals surface area (Å²) in [5.41, 5.74) is 0.959. The molecular formula is C14H8ClFO2. The molecule has 0 aliphatic rings. The first-order valence-electron chi connectivity index (χ1n) is 5.31. The molecule has 4 heteroatoms. The van der Waals surface area contributed by atoms with Gasteiger partial charge in [-0.15, -0.1) is 0 Å². The van der Waals surface area contributed by atoms with Gasteiger partial charge in [0.2, 0.25) is 0 Å². The molecule has 1 heterocycles. The molecule has 0 spiro atoms. The zero-order valence-electron chi connectivity index (χ0n) is 9.15. The number of halogens is 2. The lowest BCUT2D eigenvalue weighted by Crippen LogP contribution is -1.78. The fraction of sp³-hybridized carbons (Fsp3) is 0. The van der Waals surface area contributed by atoms with Gasteiger partial charge in [0.1, 0.15) is 22.9 Å². The fourth-order valence-electron chi connectivity index (χ4n) is 1.85. The Bertz CT molecular complexity index is 734. The quantitative estimate of drug-likeness (QED) is 0.695. The Morgan fingerprint density at radius 1 is 1.06 bits per heavy atom. The first kappa shape index (κ1) is 11.1. The summed E-state index contributed by atoms with van der Waals surface area (Å²) in [5, 5.41) is 11.1. The van der Waals surface area contributed by atoms with E-state index in [-0.39, 0.29) is 5.75 Å². The number of phenolic OH excluding ortho intramolecular Hbond substituents is 1. The van der Waals surface area contributed by atoms with Gasteiger partial charge in [-0.2, -0.15) is 0 Å². The van der Waals surface area contributed by atoms with Crippen molar-refractivity contribution in [3.63, 3.8) is 0 Å². The van der Waals surface area contributed by atoms with Crippen LogP contribution in [0.3, 0.4) is 0 Å². The first-order valence-corrected chi connectivity index (χ1v) is 5.69. The molecule has 0 amide bonds. The molecule has 2 nitrogen and oxygen atoms in total. The molecule has 2 aromatic carbocycles. The van der Waals surface area contributed by atoms with E-state index in [9.17, 15) is 9.50 Å². The molecule has 0 saturated carbocycles. The van der Waals surface area contributed by atoms with Crippen molar-refractivity contribution in [1.82, 2.24) is 0 Å². The van der Waals surface area contributed by atoms with Crippen molar-refractivity contribution in [3.8, 4) is 17.1 Å². The van der Waals surface area contributed by atoms with E-state index < -0.39 is 5.82 Å². The molecule has 3 rings (SSSR count). The first-order chi connectivity index (χ1) is 8.63. The molecule has 3 aromatic rings. The average molecular weight is 263 g/mol. The molecule has 0 saturated heterocycles. The number of phenols is 1. The Labute approximate surface area is 107 Å². The molecule has 0 atom stereocenters. The lowest BCUT2D eigenvalue weighted by atomic mass is 10.1. The molecule has 0 bridgehead atoms. The van der Waals surface area contributed by atoms with Crippen LogP contribution in [0.25, 0.3) is 22.3 Å². The zero-order valence-corrected chi connectivity index (χ0v) is 9.91. The normalized spacial score (nSPS) is 11.0. The van der Waals surface area contributed by atoms with Gasteiger partial charge in [0.25, 0.3) is 0 Å². The third kappa shape index (κ3) is 1.83. The van der Waals surface area contributed by atoms with Crippen LogP contribution < -0.4 is 0 Å². The van der Waals surface area contributed by atoms with E-state index >= 15 is 0 Å². The van der Waals surface area contributed by atoms with E-state index in [1.165, 1.54) is 18.2 Å². The average Bonchev–Trinajstić information content (AvgIpc) is 2.74. The van der Waals surface area contributed by atoms with Crippen LogP contribution in [0.5, 0.6) is 5.75 Å². The molecule has 0 aliphatic heterocycles. The molecule has 90 valence electrons. The number of hydrogen-bond acceptors (Lipinski definition) is 2. The highest BCUT2D eigenvalue weighted by atomic mass is 35.5. The molecule has 1 aromatic heterocycles. The Kier molecular flexibility index (Phi) is 2.49. The zero-order chi connectivity index (χ0) is 12.7. The number of aromatic hydroxyl groups is 1. The van der Waals surface area contributed by atoms with E-state index in [0.29, 0.717) is 21.9 Å². The topological polar surface area (TPSA) is 33.4 Å². The van der Waals surface area contributed by atoms with Gasteiger partial charge in [-0.1, -0.05) is 11.6 Å². The predicted molar refractivity (Wildman–Crippen MR) is 68.3 cm³/mol. The molecule has 18 heavy (non-hydrogen) atoms. The van der Waals surface area contributed by atoms with Gasteiger partial charge in [-0.25, -0.2) is 4.39 Å². The van der Waals surface area contributed by atoms with Crippen molar-refractivity contribution < 1.29 is 13.9 Å². The maximum Gasteiger partial charge on any atom is 0.139 e. The Morgan fingerprint density at radius 3 is 2.72 bits per heavy atom. The van der Waals surface area contributed by atoms with E-state index in [2.05, 4.69) is 0 Å². The Hall–Kier alpha value is -2.00. The second-order valence-electron chi connectivity index (χ2n) is 3.95. The Balaban J connectivity index is 2.22. The fourth-order valence-corrected chi connectivity index (χ4v) is 2.03. The second-order valence-corrected chi connectivity index (χ2v) is 4.39. The maximum atomic E-state index is 13.2. The lowest BCUT2D eigenvalue weighted by Gasteiger charge is -2.00. The molecule has 0 unspecified atom stereocenters. The standard InChI is InChI=1S/C14H8ClFO2/c15-9-1-4-13-8(5-9)6-14(18-13)11-7-10(16)2-3-12(11)17/h1-7,17H. The number of fused-ring (bicyclic) bond motifs is 1. The summed E-state index contributed by atoms with van der Waals surface area (Å²) in [7, 11) is 0. The number of furan rings is 1. The highest BCUT2D eigenvalue weighted by Gasteiger charge is 2.11. The molecule has 0 fully saturated rings. The van der Waals surface area contributed by atoms with E-state index in [1.54, 1.807) is 24.3 Å². The molecule has 1 N–H and O–H groups in total. The monoisotopic (exact) mass is 262 g/mol. The van der Waals surface area contributed by atoms with E-state index in [1.807, 2.05) is 0 Å². The van der Waals surface area contributed by atoms with Crippen molar-refractivity contribution >= 4 is 22.6 Å². The van der Waals surface area contributed by atoms with Crippen LogP contribution in [0.2, 0.25) is 5.02 Å². The SMILES string of the molecule is Oc1ccc(F)cc1-c1cc2cc(Cl)ccc2o1. The largest absolute Gasteiger partial charge is 0.507 e. The summed E-state index contributed by atoms with van der Waals surface area (Å²) in [6.45, 7) is 0. The van der Waals surface area contributed by atoms with Crippen LogP contribution >= 0.6 is 11.6 Å². The van der Waals surface area contributed by atoms with Crippen molar-refractivity contribution in [2.45, 2.75) is 0 Å². The van der Waals surface area contributed by atoms with Gasteiger partial charge in [0.15, 0.2) is 0 Å². The van der Waals surface area contributed by atoms with Crippen molar-refractivity contribution in [2.24, 2.45) is 0 Å². The second kappa shape index (κ2) is 4.03. The highest BCUT2D eigenvalue weighted by molar-refractivity contribution is 6.31. The Morgan fingerprint density at radius 2 is 1.89 bits per heavy atom. The summed E-state index contributed by atoms with van der Waals surface area (Å²) in [6.07, 6.45) is 0. The van der Waals surface area contributed by atoms with Crippen LogP contribution in [0.1, 0.15) is 0 Å². The highest BCUT2D eigenvalue weighted by Crippen LogP contribution is 2.34. The van der Waals surface area contributed by atoms with Crippen LogP contribution in [0.4, 0.5) is 4.39 Å². The van der Waals surface area contributed by atoms with Crippen molar-refractivity contribution in [1.29, 1.82) is 0 Å². The van der Waals surface area contributed by atoms with Crippen LogP contribution in [0, 0.1) is 5.82 Å². The van der Waals surface area contributed by atoms with E-state index in [4.69, 9.17) is 16.0 Å². The summed E-state index contributed by atoms with van der Waals surface area (Å²) in [4.78, 5) is 0. The summed E-state index contributed by atoms with van der Waals surface area (Å²) in [6, 6.07) is 10.6. The number of rotatable bonds is 1. The lowest BCUT2D eigenvalue weighted by molar-refractivity contribution is 0.472. The predicted octanol–water partition coefficient (Wildman–Crippen LogP) is 4.60. The molecule has 0 aliphatic carbocycles. The number of benzene rings is 2. The van der Waals surface area contributed by atoms with Crippen LogP contribution in [-0.4, -0.2) is 5.11 Å². The third-order valence-corrected chi connectivity index (χ3v) is 2.94. The van der Waals surface area contributed by atoms with Gasteiger partial charge in [0, 0.05) is 10.4 Å². The summed E-state index contributed by atoms with van der Waals surface area (Å²) < 4.78 is 18.7. The smallest absolute Gasteiger partial charge is 0.139 e. The van der Waals surface area contributed by atoms with Crippen molar-refractivity contribution in [2.75, 3.05) is 0 Å². The number of hydrogen-bond donors (Lipinski definition) is 1. The summed E-state index contributed by atoms with van der Waals surface area (Å²) in [5.74, 6) is -0.0490. The van der Waals surface area contributed by atoms with Crippen LogP contribution in [0.15, 0.2) is 46.9 Å². The summed E-state index contributed by atoms with van der Waals surface area (Å²) >= 11 is 5.88. The van der Waals surface area contributed by atoms with Gasteiger partial charge >= 0.3 is 0 Å². The van der Waals surface area contributed by atoms with Crippen molar-refractivity contribution in [3.05, 3.63) is 53.3 Å². The van der Waals surface area contributed by atoms with Gasteiger partial charge in [-0.3, -0.25) is 0 Å². The van der Waals surface area contributed by atoms with Crippen LogP contribution in [-0.2, 0) is 0 Å². The van der Waals surface area contributed by atoms with E-state index in [0.717, 1.165) is 5.39 Å². The molecule has 0 radical (unpaired) electrons. The minimum atomic E-state index is -0.429. The maximum absolute atomic E-state index is 13.2. The van der Waals surface area contributed by atoms with Gasteiger partial charge < -0.3 is 9.52 Å².